The minimum Gasteiger partial charge on any atom is -0.444 e. The number of hydrogen-bond donors (Lipinski definition) is 3. The Balaban J connectivity index is 1.67. The monoisotopic (exact) mass is 449 g/mol. The van der Waals surface area contributed by atoms with Crippen molar-refractivity contribution in [2.45, 2.75) is 52.0 Å². The summed E-state index contributed by atoms with van der Waals surface area (Å²) in [5.74, 6) is -0.465. The van der Waals surface area contributed by atoms with E-state index in [-0.39, 0.29) is 13.0 Å². The van der Waals surface area contributed by atoms with Crippen LogP contribution in [0, 0.1) is 0 Å². The summed E-state index contributed by atoms with van der Waals surface area (Å²) in [4.78, 5) is 30.7. The molecule has 0 saturated heterocycles. The van der Waals surface area contributed by atoms with Crippen LogP contribution < -0.4 is 16.5 Å². The molecule has 0 bridgehead atoms. The third-order valence-electron chi connectivity index (χ3n) is 4.93. The maximum atomic E-state index is 12.9. The summed E-state index contributed by atoms with van der Waals surface area (Å²) >= 11 is 0. The lowest BCUT2D eigenvalue weighted by Crippen LogP contribution is -2.49. The van der Waals surface area contributed by atoms with Crippen molar-refractivity contribution in [2.75, 3.05) is 0 Å². The normalized spacial score (nSPS) is 12.2. The number of hydroxylamine groups is 1. The standard InChI is InChI=1S/C26H31N3O4/c1-26(2,3)33-25(31)28-23(15-20-12-13-21-6-4-5-7-22(21)14-20)24(30)29-32-17-19-10-8-18(16-27)9-11-19/h4-14,23H,15-17,27H2,1-3H3,(H,28,31)(H,29,30)/t23-/m1/s1. The Morgan fingerprint density at radius 1 is 0.909 bits per heavy atom. The van der Waals surface area contributed by atoms with Gasteiger partial charge in [0, 0.05) is 13.0 Å². The molecule has 0 aliphatic carbocycles. The molecule has 0 unspecified atom stereocenters. The minimum absolute atomic E-state index is 0.186. The highest BCUT2D eigenvalue weighted by Gasteiger charge is 2.25. The summed E-state index contributed by atoms with van der Waals surface area (Å²) in [6.07, 6.45) is -0.384. The van der Waals surface area contributed by atoms with Gasteiger partial charge in [-0.25, -0.2) is 10.3 Å². The lowest BCUT2D eigenvalue weighted by atomic mass is 10.0. The van der Waals surface area contributed by atoms with Gasteiger partial charge in [0.25, 0.3) is 5.91 Å². The zero-order chi connectivity index (χ0) is 23.8. The van der Waals surface area contributed by atoms with Crippen LogP contribution in [0.3, 0.4) is 0 Å². The lowest BCUT2D eigenvalue weighted by Gasteiger charge is -2.23. The molecule has 0 saturated carbocycles. The highest BCUT2D eigenvalue weighted by molar-refractivity contribution is 5.86. The maximum absolute atomic E-state index is 12.9. The second-order valence-corrected chi connectivity index (χ2v) is 8.86. The minimum atomic E-state index is -0.874. The number of carbonyl (C=O) groups is 2. The molecule has 2 amide bonds. The topological polar surface area (TPSA) is 103 Å². The maximum Gasteiger partial charge on any atom is 0.408 e. The van der Waals surface area contributed by atoms with Crippen molar-refractivity contribution in [3.8, 4) is 0 Å². The number of fused-ring (bicyclic) bond motifs is 1. The number of ether oxygens (including phenoxy) is 1. The molecule has 7 heteroatoms. The molecule has 7 nitrogen and oxygen atoms in total. The van der Waals surface area contributed by atoms with Crippen molar-refractivity contribution in [3.63, 3.8) is 0 Å². The highest BCUT2D eigenvalue weighted by atomic mass is 16.7. The Morgan fingerprint density at radius 2 is 1.55 bits per heavy atom. The lowest BCUT2D eigenvalue weighted by molar-refractivity contribution is -0.136. The van der Waals surface area contributed by atoms with Crippen LogP contribution in [-0.2, 0) is 33.9 Å². The fourth-order valence-electron chi connectivity index (χ4n) is 3.29. The summed E-state index contributed by atoms with van der Waals surface area (Å²) in [5, 5.41) is 4.83. The van der Waals surface area contributed by atoms with Gasteiger partial charge in [0.05, 0.1) is 6.61 Å². The zero-order valence-corrected chi connectivity index (χ0v) is 19.3. The smallest absolute Gasteiger partial charge is 0.408 e. The van der Waals surface area contributed by atoms with E-state index in [0.29, 0.717) is 6.54 Å². The fourth-order valence-corrected chi connectivity index (χ4v) is 3.29. The molecule has 0 fully saturated rings. The second kappa shape index (κ2) is 10.9. The van der Waals surface area contributed by atoms with Gasteiger partial charge in [0.15, 0.2) is 0 Å². The summed E-state index contributed by atoms with van der Waals surface area (Å²) in [6, 6.07) is 20.6. The molecule has 3 aromatic carbocycles. The number of benzene rings is 3. The Hall–Kier alpha value is -3.42. The number of hydrogen-bond acceptors (Lipinski definition) is 5. The third kappa shape index (κ3) is 7.59. The van der Waals surface area contributed by atoms with Crippen LogP contribution in [0.15, 0.2) is 66.7 Å². The molecule has 174 valence electrons. The van der Waals surface area contributed by atoms with Crippen molar-refractivity contribution < 1.29 is 19.2 Å². The van der Waals surface area contributed by atoms with E-state index >= 15 is 0 Å². The number of nitrogens with one attached hydrogen (secondary N) is 2. The first-order valence-electron chi connectivity index (χ1n) is 10.9. The van der Waals surface area contributed by atoms with Crippen molar-refractivity contribution in [1.82, 2.24) is 10.8 Å². The summed E-state index contributed by atoms with van der Waals surface area (Å²) in [6.45, 7) is 5.95. The molecular formula is C26H31N3O4. The third-order valence-corrected chi connectivity index (χ3v) is 4.93. The molecule has 0 aliphatic rings. The molecule has 3 aromatic rings. The molecule has 0 heterocycles. The molecule has 3 rings (SSSR count). The quantitative estimate of drug-likeness (QED) is 0.452. The first-order valence-corrected chi connectivity index (χ1v) is 10.9. The van der Waals surface area contributed by atoms with Crippen LogP contribution in [0.4, 0.5) is 4.79 Å². The van der Waals surface area contributed by atoms with Gasteiger partial charge < -0.3 is 15.8 Å². The highest BCUT2D eigenvalue weighted by Crippen LogP contribution is 2.17. The van der Waals surface area contributed by atoms with Gasteiger partial charge in [-0.05, 0) is 48.2 Å². The van der Waals surface area contributed by atoms with Crippen LogP contribution in [0.2, 0.25) is 0 Å². The zero-order valence-electron chi connectivity index (χ0n) is 19.3. The van der Waals surface area contributed by atoms with E-state index in [9.17, 15) is 9.59 Å². The summed E-state index contributed by atoms with van der Waals surface area (Å²) in [7, 11) is 0. The van der Waals surface area contributed by atoms with E-state index < -0.39 is 23.6 Å². The molecule has 0 radical (unpaired) electrons. The van der Waals surface area contributed by atoms with Crippen molar-refractivity contribution >= 4 is 22.8 Å². The number of alkyl carbamates (subject to hydrolysis) is 1. The Labute approximate surface area is 194 Å². The number of amides is 2. The molecule has 0 aromatic heterocycles. The Morgan fingerprint density at radius 3 is 2.21 bits per heavy atom. The molecule has 1 atom stereocenters. The van der Waals surface area contributed by atoms with E-state index in [4.69, 9.17) is 15.3 Å². The van der Waals surface area contributed by atoms with Crippen LogP contribution in [-0.4, -0.2) is 23.6 Å². The van der Waals surface area contributed by atoms with Crippen LogP contribution in [0.5, 0.6) is 0 Å². The van der Waals surface area contributed by atoms with Gasteiger partial charge in [-0.1, -0.05) is 66.7 Å². The van der Waals surface area contributed by atoms with Gasteiger partial charge in [0.1, 0.15) is 11.6 Å². The van der Waals surface area contributed by atoms with Gasteiger partial charge in [-0.3, -0.25) is 9.63 Å². The second-order valence-electron chi connectivity index (χ2n) is 8.86. The van der Waals surface area contributed by atoms with E-state index in [1.165, 1.54) is 0 Å². The van der Waals surface area contributed by atoms with Crippen LogP contribution in [0.25, 0.3) is 10.8 Å². The number of rotatable bonds is 8. The van der Waals surface area contributed by atoms with Gasteiger partial charge in [-0.15, -0.1) is 0 Å². The SMILES string of the molecule is CC(C)(C)OC(=O)N[C@H](Cc1ccc2ccccc2c1)C(=O)NOCc1ccc(CN)cc1. The fraction of sp³-hybridized carbons (Fsp3) is 0.308. The van der Waals surface area contributed by atoms with E-state index in [2.05, 4.69) is 10.8 Å². The average molecular weight is 450 g/mol. The van der Waals surface area contributed by atoms with E-state index in [1.54, 1.807) is 20.8 Å². The van der Waals surface area contributed by atoms with Crippen LogP contribution >= 0.6 is 0 Å². The van der Waals surface area contributed by atoms with Crippen molar-refractivity contribution in [2.24, 2.45) is 5.73 Å². The molecule has 33 heavy (non-hydrogen) atoms. The van der Waals surface area contributed by atoms with E-state index in [1.807, 2.05) is 66.7 Å². The molecule has 4 N–H and O–H groups in total. The summed E-state index contributed by atoms with van der Waals surface area (Å²) in [5.41, 5.74) is 10.2. The molecule has 0 spiro atoms. The average Bonchev–Trinajstić information content (AvgIpc) is 2.77. The van der Waals surface area contributed by atoms with Crippen molar-refractivity contribution in [1.29, 1.82) is 0 Å². The first kappa shape index (κ1) is 24.2. The predicted octanol–water partition coefficient (Wildman–Crippen LogP) is 3.98. The molecule has 0 aliphatic heterocycles. The van der Waals surface area contributed by atoms with Crippen LogP contribution in [0.1, 0.15) is 37.5 Å². The van der Waals surface area contributed by atoms with Crippen molar-refractivity contribution in [3.05, 3.63) is 83.4 Å². The Bertz CT molecular complexity index is 1090. The van der Waals surface area contributed by atoms with Gasteiger partial charge >= 0.3 is 6.09 Å². The number of carbonyl (C=O) groups excluding carboxylic acids is 2. The predicted molar refractivity (Wildman–Crippen MR) is 128 cm³/mol. The first-order chi connectivity index (χ1) is 15.7. The number of nitrogens with two attached hydrogens (primary N) is 1. The summed E-state index contributed by atoms with van der Waals surface area (Å²) < 4.78 is 5.34. The van der Waals surface area contributed by atoms with E-state index in [0.717, 1.165) is 27.5 Å². The van der Waals surface area contributed by atoms with Gasteiger partial charge in [-0.2, -0.15) is 0 Å². The molecular weight excluding hydrogens is 418 g/mol. The largest absolute Gasteiger partial charge is 0.444 e. The van der Waals surface area contributed by atoms with Gasteiger partial charge in [0.2, 0.25) is 0 Å². The Kier molecular flexibility index (Phi) is 8.03.